The highest BCUT2D eigenvalue weighted by molar-refractivity contribution is 5.92. The Hall–Kier alpha value is -4.20. The number of nitrogens with one attached hydrogen (secondary N) is 2. The lowest BCUT2D eigenvalue weighted by atomic mass is 9.93. The van der Waals surface area contributed by atoms with Crippen molar-refractivity contribution in [2.24, 2.45) is 0 Å². The van der Waals surface area contributed by atoms with Gasteiger partial charge in [0.25, 0.3) is 5.69 Å². The number of benzene rings is 3. The molecule has 1 aliphatic heterocycles. The van der Waals surface area contributed by atoms with Crippen LogP contribution in [-0.4, -0.2) is 27.2 Å². The number of anilines is 1. The molecule has 0 saturated carbocycles. The molecule has 2 atom stereocenters. The van der Waals surface area contributed by atoms with Crippen molar-refractivity contribution in [1.82, 2.24) is 10.2 Å². The molecule has 0 aliphatic carbocycles. The summed E-state index contributed by atoms with van der Waals surface area (Å²) in [5, 5.41) is 18.0. The molecular weight excluding hydrogens is 456 g/mol. The number of non-ortho nitro benzene ring substituents is 1. The smallest absolute Gasteiger partial charge is 0.269 e. The van der Waals surface area contributed by atoms with Gasteiger partial charge in [-0.15, -0.1) is 0 Å². The van der Waals surface area contributed by atoms with Gasteiger partial charge in [-0.25, -0.2) is 0 Å². The van der Waals surface area contributed by atoms with Crippen LogP contribution in [0.2, 0.25) is 0 Å². The molecule has 36 heavy (non-hydrogen) atoms. The second-order valence-corrected chi connectivity index (χ2v) is 9.99. The zero-order valence-electron chi connectivity index (χ0n) is 20.6. The first-order valence-corrected chi connectivity index (χ1v) is 11.9. The Labute approximate surface area is 210 Å². The van der Waals surface area contributed by atoms with Gasteiger partial charge in [-0.1, -0.05) is 60.7 Å². The fourth-order valence-corrected chi connectivity index (χ4v) is 4.43. The van der Waals surface area contributed by atoms with E-state index in [1.54, 1.807) is 6.07 Å². The Morgan fingerprint density at radius 3 is 2.31 bits per heavy atom. The Morgan fingerprint density at radius 2 is 1.69 bits per heavy atom. The van der Waals surface area contributed by atoms with Crippen molar-refractivity contribution in [3.8, 4) is 0 Å². The number of carbonyl (C=O) groups excluding carboxylic acids is 2. The van der Waals surface area contributed by atoms with Crippen LogP contribution < -0.4 is 10.6 Å². The van der Waals surface area contributed by atoms with E-state index in [2.05, 4.69) is 10.6 Å². The van der Waals surface area contributed by atoms with Gasteiger partial charge in [0.15, 0.2) is 0 Å². The van der Waals surface area contributed by atoms with Crippen LogP contribution in [0, 0.1) is 10.1 Å². The predicted octanol–water partition coefficient (Wildman–Crippen LogP) is 5.14. The molecule has 0 bridgehead atoms. The maximum absolute atomic E-state index is 13.8. The number of hydrogen-bond donors (Lipinski definition) is 2. The predicted molar refractivity (Wildman–Crippen MR) is 138 cm³/mol. The largest absolute Gasteiger partial charge is 0.377 e. The summed E-state index contributed by atoms with van der Waals surface area (Å²) in [7, 11) is 0. The first-order chi connectivity index (χ1) is 17.1. The van der Waals surface area contributed by atoms with E-state index in [9.17, 15) is 19.7 Å². The van der Waals surface area contributed by atoms with E-state index in [0.717, 1.165) is 11.1 Å². The van der Waals surface area contributed by atoms with Crippen LogP contribution in [0.4, 0.5) is 11.4 Å². The molecular formula is C28H30N4O4. The Balaban J connectivity index is 1.89. The maximum Gasteiger partial charge on any atom is 0.269 e. The van der Waals surface area contributed by atoms with Crippen molar-refractivity contribution in [2.75, 3.05) is 5.32 Å². The fourth-order valence-electron chi connectivity index (χ4n) is 4.43. The summed E-state index contributed by atoms with van der Waals surface area (Å²) in [6.07, 6.45) is 0.118. The van der Waals surface area contributed by atoms with Crippen molar-refractivity contribution in [3.05, 3.63) is 106 Å². The first-order valence-electron chi connectivity index (χ1n) is 11.9. The number of carbonyl (C=O) groups is 2. The van der Waals surface area contributed by atoms with Crippen molar-refractivity contribution < 1.29 is 14.5 Å². The highest BCUT2D eigenvalue weighted by Crippen LogP contribution is 2.38. The van der Waals surface area contributed by atoms with Crippen LogP contribution in [-0.2, 0) is 16.1 Å². The Bertz CT molecular complexity index is 1260. The van der Waals surface area contributed by atoms with Crippen LogP contribution in [0.15, 0.2) is 78.9 Å². The molecule has 0 radical (unpaired) electrons. The molecule has 1 aliphatic rings. The lowest BCUT2D eigenvalue weighted by Gasteiger charge is -2.38. The van der Waals surface area contributed by atoms with E-state index < -0.39 is 22.4 Å². The van der Waals surface area contributed by atoms with E-state index in [1.807, 2.05) is 81.4 Å². The van der Waals surface area contributed by atoms with Gasteiger partial charge < -0.3 is 15.5 Å². The molecule has 3 aromatic carbocycles. The molecule has 0 aromatic heterocycles. The molecule has 0 fully saturated rings. The Morgan fingerprint density at radius 1 is 1.06 bits per heavy atom. The standard InChI is InChI=1S/C28H30N4O4/c1-28(2,3)30-27(34)26-22-16-21(32(35)36)14-15-23(22)29-24(20-12-8-5-9-13-20)17-25(33)31(26)18-19-10-6-4-7-11-19/h4-16,24,26,29H,17-18H2,1-3H3,(H,30,34)/t24-,26?/m1/s1. The second kappa shape index (κ2) is 10.2. The third kappa shape index (κ3) is 5.71. The minimum atomic E-state index is -1.06. The van der Waals surface area contributed by atoms with Gasteiger partial charge in [-0.2, -0.15) is 0 Å². The van der Waals surface area contributed by atoms with Crippen LogP contribution in [0.1, 0.15) is 56.0 Å². The minimum absolute atomic E-state index is 0.118. The van der Waals surface area contributed by atoms with Gasteiger partial charge in [0, 0.05) is 35.5 Å². The summed E-state index contributed by atoms with van der Waals surface area (Å²) in [5.41, 5.74) is 2.02. The van der Waals surface area contributed by atoms with Crippen molar-refractivity contribution >= 4 is 23.2 Å². The van der Waals surface area contributed by atoms with Crippen molar-refractivity contribution in [3.63, 3.8) is 0 Å². The fraction of sp³-hybridized carbons (Fsp3) is 0.286. The summed E-state index contributed by atoms with van der Waals surface area (Å²) in [4.78, 5) is 40.3. The molecule has 0 spiro atoms. The van der Waals surface area contributed by atoms with Gasteiger partial charge in [-0.3, -0.25) is 19.7 Å². The molecule has 1 heterocycles. The van der Waals surface area contributed by atoms with Crippen molar-refractivity contribution in [2.45, 2.75) is 51.4 Å². The number of nitro groups is 1. The molecule has 4 rings (SSSR count). The molecule has 2 amide bonds. The normalized spacial score (nSPS) is 17.9. The van der Waals surface area contributed by atoms with Crippen LogP contribution in [0.5, 0.6) is 0 Å². The topological polar surface area (TPSA) is 105 Å². The van der Waals surface area contributed by atoms with E-state index >= 15 is 0 Å². The maximum atomic E-state index is 13.8. The molecule has 2 N–H and O–H groups in total. The van der Waals surface area contributed by atoms with Crippen molar-refractivity contribution in [1.29, 1.82) is 0 Å². The minimum Gasteiger partial charge on any atom is -0.377 e. The second-order valence-electron chi connectivity index (χ2n) is 9.99. The van der Waals surface area contributed by atoms with E-state index in [1.165, 1.54) is 17.0 Å². The lowest BCUT2D eigenvalue weighted by Crippen LogP contribution is -2.50. The molecule has 1 unspecified atom stereocenters. The monoisotopic (exact) mass is 486 g/mol. The number of fused-ring (bicyclic) bond motifs is 1. The van der Waals surface area contributed by atoms with Gasteiger partial charge in [0.05, 0.1) is 17.4 Å². The molecule has 8 heteroatoms. The third-order valence-corrected chi connectivity index (χ3v) is 6.03. The van der Waals surface area contributed by atoms with Crippen LogP contribution >= 0.6 is 0 Å². The first kappa shape index (κ1) is 24.9. The SMILES string of the molecule is CC(C)(C)NC(=O)C1c2cc([N+](=O)[O-])ccc2N[C@@H](c2ccccc2)CC(=O)N1Cc1ccccc1. The van der Waals surface area contributed by atoms with E-state index in [4.69, 9.17) is 0 Å². The zero-order valence-corrected chi connectivity index (χ0v) is 20.6. The van der Waals surface area contributed by atoms with Gasteiger partial charge in [0.1, 0.15) is 6.04 Å². The van der Waals surface area contributed by atoms with Crippen LogP contribution in [0.3, 0.4) is 0 Å². The average Bonchev–Trinajstić information content (AvgIpc) is 2.83. The molecule has 0 saturated heterocycles. The molecule has 8 nitrogen and oxygen atoms in total. The quantitative estimate of drug-likeness (QED) is 0.384. The summed E-state index contributed by atoms with van der Waals surface area (Å²) in [6.45, 7) is 5.76. The lowest BCUT2D eigenvalue weighted by molar-refractivity contribution is -0.384. The third-order valence-electron chi connectivity index (χ3n) is 6.03. The Kier molecular flexibility index (Phi) is 7.05. The number of rotatable bonds is 5. The van der Waals surface area contributed by atoms with Gasteiger partial charge >= 0.3 is 0 Å². The highest BCUT2D eigenvalue weighted by Gasteiger charge is 2.38. The average molecular weight is 487 g/mol. The molecule has 3 aromatic rings. The number of amides is 2. The zero-order chi connectivity index (χ0) is 25.9. The van der Waals surface area contributed by atoms with Crippen LogP contribution in [0.25, 0.3) is 0 Å². The summed E-state index contributed by atoms with van der Waals surface area (Å²) < 4.78 is 0. The number of nitrogens with zero attached hydrogens (tertiary/aromatic N) is 2. The summed E-state index contributed by atoms with van der Waals surface area (Å²) >= 11 is 0. The summed E-state index contributed by atoms with van der Waals surface area (Å²) in [5.74, 6) is -0.625. The van der Waals surface area contributed by atoms with Gasteiger partial charge in [-0.05, 0) is 38.0 Å². The van der Waals surface area contributed by atoms with Gasteiger partial charge in [0.2, 0.25) is 11.8 Å². The number of nitro benzene ring substituents is 1. The summed E-state index contributed by atoms with van der Waals surface area (Å²) in [6, 6.07) is 22.0. The molecule has 186 valence electrons. The van der Waals surface area contributed by atoms with E-state index in [-0.39, 0.29) is 30.6 Å². The highest BCUT2D eigenvalue weighted by atomic mass is 16.6. The number of hydrogen-bond acceptors (Lipinski definition) is 5. The van der Waals surface area contributed by atoms with E-state index in [0.29, 0.717) is 11.3 Å².